The summed E-state index contributed by atoms with van der Waals surface area (Å²) in [6, 6.07) is 9.84. The number of aryl methyl sites for hydroxylation is 1. The number of epoxide rings is 1. The normalized spacial score (nSPS) is 16.9. The van der Waals surface area contributed by atoms with Crippen molar-refractivity contribution in [3.05, 3.63) is 48.6 Å². The average molecular weight is 722 g/mol. The maximum absolute atomic E-state index is 11.9. The van der Waals surface area contributed by atoms with Gasteiger partial charge in [-0.25, -0.2) is 0 Å². The Bertz CT molecular complexity index is 1060. The number of nitrogens with one attached hydrogen (secondary N) is 3. The highest BCUT2D eigenvalue weighted by Gasteiger charge is 2.49. The zero-order valence-electron chi connectivity index (χ0n) is 33.6. The maximum atomic E-state index is 11.9. The van der Waals surface area contributed by atoms with Crippen LogP contribution < -0.4 is 16.0 Å². The van der Waals surface area contributed by atoms with Gasteiger partial charge in [0.15, 0.2) is 11.5 Å². The molecule has 51 heavy (non-hydrogen) atoms. The fraction of sp³-hybridized carbons (Fsp3) is 0.667. The second-order valence-electron chi connectivity index (χ2n) is 11.4. The van der Waals surface area contributed by atoms with E-state index in [1.165, 1.54) is 18.1 Å². The van der Waals surface area contributed by atoms with Crippen LogP contribution in [0.2, 0.25) is 0 Å². The topological polar surface area (TPSA) is 151 Å². The molecule has 2 aliphatic heterocycles. The highest BCUT2D eigenvalue weighted by molar-refractivity contribution is 6.43. The summed E-state index contributed by atoms with van der Waals surface area (Å²) < 4.78 is 10.3. The van der Waals surface area contributed by atoms with Crippen LogP contribution in [0.25, 0.3) is 0 Å². The molecule has 0 aromatic heterocycles. The molecule has 1 aromatic rings. The van der Waals surface area contributed by atoms with Crippen LogP contribution in [0.4, 0.5) is 0 Å². The van der Waals surface area contributed by atoms with Gasteiger partial charge in [0.25, 0.3) is 5.91 Å². The Morgan fingerprint density at radius 3 is 2.04 bits per heavy atom. The SMILES string of the molecule is C=C/C(=N\OCCN1CCOCC1)C(=O)NC(C)CCC.CC.CC.CCC.CC[C@H](NC(=O)CNC=O)C(=O)C1(C)CO1.Cc1ccccc1. The molecule has 294 valence electrons. The third-order valence-corrected chi connectivity index (χ3v) is 6.74. The molecule has 12 nitrogen and oxygen atoms in total. The number of carbonyl (C=O) groups excluding carboxylic acids is 4. The van der Waals surface area contributed by atoms with Crippen LogP contribution in [0.1, 0.15) is 100 Å². The minimum Gasteiger partial charge on any atom is -0.394 e. The van der Waals surface area contributed by atoms with E-state index in [0.29, 0.717) is 26.0 Å². The molecule has 0 aliphatic carbocycles. The quantitative estimate of drug-likeness (QED) is 0.0654. The smallest absolute Gasteiger partial charge is 0.273 e. The first-order valence-corrected chi connectivity index (χ1v) is 18.6. The molecule has 3 N–H and O–H groups in total. The number of Topliss-reactive ketones (excluding diaryl/α,β-unsaturated/α-hetero) is 1. The Labute approximate surface area is 309 Å². The first-order valence-electron chi connectivity index (χ1n) is 18.6. The van der Waals surface area contributed by atoms with Gasteiger partial charge in [0.1, 0.15) is 12.2 Å². The molecule has 2 heterocycles. The predicted octanol–water partition coefficient (Wildman–Crippen LogP) is 5.63. The lowest BCUT2D eigenvalue weighted by atomic mass is 9.99. The van der Waals surface area contributed by atoms with Gasteiger partial charge in [0.2, 0.25) is 12.3 Å². The molecule has 0 bridgehead atoms. The van der Waals surface area contributed by atoms with E-state index >= 15 is 0 Å². The van der Waals surface area contributed by atoms with Gasteiger partial charge < -0.3 is 30.3 Å². The van der Waals surface area contributed by atoms with Crippen molar-refractivity contribution in [3.63, 3.8) is 0 Å². The van der Waals surface area contributed by atoms with E-state index in [4.69, 9.17) is 14.3 Å². The molecule has 3 amide bonds. The number of ketones is 1. The fourth-order valence-electron chi connectivity index (χ4n) is 3.97. The first kappa shape index (κ1) is 51.8. The van der Waals surface area contributed by atoms with E-state index in [1.54, 1.807) is 6.92 Å². The Morgan fingerprint density at radius 1 is 1.04 bits per heavy atom. The van der Waals surface area contributed by atoms with Gasteiger partial charge in [0, 0.05) is 25.7 Å². The standard InChI is InChI=1S/C15H27N3O3.C10H16N2O4.C7H8.C3H8.2C2H6/c1-4-6-13(3)16-15(19)14(5-2)17-21-12-9-18-7-10-20-11-8-18;1-3-7(9(15)10(2)5-16-10)12-8(14)4-11-6-13;1-7-5-3-2-4-6-7;1-3-2;2*1-2/h5,13H,2,4,6-12H2,1,3H3,(H,16,19);6-7H,3-5H2,1-2H3,(H,11,13)(H,12,14);2-6H,1H3;3H2,1-2H3;2*1-2H3/b17-14+;;;;;/t;7-,10?;;;;/m.0..../s1. The molecule has 2 fully saturated rings. The van der Waals surface area contributed by atoms with Crippen LogP contribution in [0.3, 0.4) is 0 Å². The van der Waals surface area contributed by atoms with Crippen LogP contribution >= 0.6 is 0 Å². The number of ether oxygens (including phenoxy) is 2. The number of morpholine rings is 1. The molecule has 2 saturated heterocycles. The van der Waals surface area contributed by atoms with Crippen molar-refractivity contribution < 1.29 is 33.5 Å². The third-order valence-electron chi connectivity index (χ3n) is 6.74. The van der Waals surface area contributed by atoms with Gasteiger partial charge >= 0.3 is 0 Å². The van der Waals surface area contributed by atoms with Gasteiger partial charge in [0.05, 0.1) is 32.4 Å². The molecule has 3 rings (SSSR count). The maximum Gasteiger partial charge on any atom is 0.273 e. The van der Waals surface area contributed by atoms with Gasteiger partial charge in [-0.15, -0.1) is 0 Å². The van der Waals surface area contributed by atoms with Crippen LogP contribution in [0.5, 0.6) is 0 Å². The summed E-state index contributed by atoms with van der Waals surface area (Å²) in [6.07, 6.45) is 5.58. The summed E-state index contributed by atoms with van der Waals surface area (Å²) in [6.45, 7) is 30.4. The number of rotatable bonds is 16. The molecule has 2 unspecified atom stereocenters. The van der Waals surface area contributed by atoms with Crippen molar-refractivity contribution in [2.45, 2.75) is 120 Å². The van der Waals surface area contributed by atoms with Crippen molar-refractivity contribution in [1.29, 1.82) is 0 Å². The lowest BCUT2D eigenvalue weighted by Crippen LogP contribution is -2.48. The van der Waals surface area contributed by atoms with E-state index in [9.17, 15) is 19.2 Å². The highest BCUT2D eigenvalue weighted by atomic mass is 16.6. The highest BCUT2D eigenvalue weighted by Crippen LogP contribution is 2.28. The van der Waals surface area contributed by atoms with Gasteiger partial charge in [-0.2, -0.15) is 0 Å². The van der Waals surface area contributed by atoms with E-state index in [0.717, 1.165) is 45.7 Å². The lowest BCUT2D eigenvalue weighted by molar-refractivity contribution is -0.130. The zero-order valence-corrected chi connectivity index (χ0v) is 33.6. The Morgan fingerprint density at radius 2 is 1.61 bits per heavy atom. The number of oxime groups is 1. The molecule has 3 atom stereocenters. The molecule has 0 radical (unpaired) electrons. The average Bonchev–Trinajstić information content (AvgIpc) is 3.91. The number of hydrogen-bond donors (Lipinski definition) is 3. The van der Waals surface area contributed by atoms with Crippen LogP contribution in [-0.2, 0) is 33.5 Å². The number of hydrogen-bond acceptors (Lipinski definition) is 9. The molecule has 0 spiro atoms. The number of benzene rings is 1. The summed E-state index contributed by atoms with van der Waals surface area (Å²) in [5.74, 6) is -0.733. The molecule has 12 heteroatoms. The van der Waals surface area contributed by atoms with Gasteiger partial charge in [-0.3, -0.25) is 24.1 Å². The number of carbonyl (C=O) groups is 4. The van der Waals surface area contributed by atoms with Gasteiger partial charge in [-0.05, 0) is 39.7 Å². The summed E-state index contributed by atoms with van der Waals surface area (Å²) in [7, 11) is 0. The predicted molar refractivity (Wildman–Crippen MR) is 209 cm³/mol. The molecule has 2 aliphatic rings. The van der Waals surface area contributed by atoms with Crippen molar-refractivity contribution in [2.75, 3.05) is 52.6 Å². The van der Waals surface area contributed by atoms with E-state index in [-0.39, 0.29) is 35.9 Å². The second-order valence-corrected chi connectivity index (χ2v) is 11.4. The van der Waals surface area contributed by atoms with Crippen molar-refractivity contribution in [3.8, 4) is 0 Å². The summed E-state index contributed by atoms with van der Waals surface area (Å²) in [5, 5.41) is 11.5. The molecule has 0 saturated carbocycles. The van der Waals surface area contributed by atoms with Crippen molar-refractivity contribution in [2.24, 2.45) is 5.16 Å². The van der Waals surface area contributed by atoms with Crippen molar-refractivity contribution >= 4 is 29.7 Å². The fourth-order valence-corrected chi connectivity index (χ4v) is 3.97. The summed E-state index contributed by atoms with van der Waals surface area (Å²) in [5.41, 5.74) is 0.814. The van der Waals surface area contributed by atoms with Crippen molar-refractivity contribution in [1.82, 2.24) is 20.9 Å². The van der Waals surface area contributed by atoms with Gasteiger partial charge in [-0.1, -0.05) is 116 Å². The van der Waals surface area contributed by atoms with Crippen LogP contribution in [-0.4, -0.2) is 105 Å². The molecule has 1 aromatic carbocycles. The second kappa shape index (κ2) is 34.8. The minimum absolute atomic E-state index is 0.116. The number of amides is 3. The van der Waals surface area contributed by atoms with Crippen LogP contribution in [0.15, 0.2) is 48.1 Å². The van der Waals surface area contributed by atoms with Crippen LogP contribution in [0, 0.1) is 6.92 Å². The first-order chi connectivity index (χ1) is 24.5. The number of nitrogens with zero attached hydrogens (tertiary/aromatic N) is 2. The minimum atomic E-state index is -0.730. The largest absolute Gasteiger partial charge is 0.394 e. The summed E-state index contributed by atoms with van der Waals surface area (Å²) in [4.78, 5) is 52.5. The molecular weight excluding hydrogens is 650 g/mol. The zero-order chi connectivity index (χ0) is 39.5. The Balaban J connectivity index is -0.000000671. The van der Waals surface area contributed by atoms with E-state index < -0.39 is 11.6 Å². The monoisotopic (exact) mass is 722 g/mol. The molecular formula is C39H71N5O7. The lowest BCUT2D eigenvalue weighted by Gasteiger charge is -2.25. The Hall–Kier alpha value is -3.61. The Kier molecular flexibility index (Phi) is 35.3. The summed E-state index contributed by atoms with van der Waals surface area (Å²) >= 11 is 0. The van der Waals surface area contributed by atoms with E-state index in [2.05, 4.69) is 72.4 Å². The van der Waals surface area contributed by atoms with E-state index in [1.807, 2.05) is 59.7 Å². The third kappa shape index (κ3) is 27.8.